The van der Waals surface area contributed by atoms with Gasteiger partial charge in [-0.25, -0.2) is 9.97 Å². The highest BCUT2D eigenvalue weighted by atomic mass is 32.2. The summed E-state index contributed by atoms with van der Waals surface area (Å²) >= 11 is 1.37. The molecule has 20 heavy (non-hydrogen) atoms. The molecule has 110 valence electrons. The van der Waals surface area contributed by atoms with Gasteiger partial charge in [-0.15, -0.1) is 11.8 Å². The van der Waals surface area contributed by atoms with Crippen molar-refractivity contribution in [1.82, 2.24) is 15.3 Å². The van der Waals surface area contributed by atoms with Gasteiger partial charge in [-0.2, -0.15) is 0 Å². The molecule has 2 unspecified atom stereocenters. The largest absolute Gasteiger partial charge is 0.481 e. The number of aromatic nitrogens is 2. The molecule has 0 saturated heterocycles. The molecule has 0 aromatic carbocycles. The second-order valence-electron chi connectivity index (χ2n) is 4.63. The van der Waals surface area contributed by atoms with Gasteiger partial charge >= 0.3 is 5.97 Å². The van der Waals surface area contributed by atoms with Crippen LogP contribution in [0.1, 0.15) is 35.7 Å². The number of carboxylic acids is 1. The van der Waals surface area contributed by atoms with E-state index in [4.69, 9.17) is 5.11 Å². The van der Waals surface area contributed by atoms with Gasteiger partial charge in [-0.1, -0.05) is 0 Å². The van der Waals surface area contributed by atoms with Crippen LogP contribution in [0.4, 0.5) is 0 Å². The first-order valence-corrected chi connectivity index (χ1v) is 7.43. The van der Waals surface area contributed by atoms with Crippen molar-refractivity contribution in [2.24, 2.45) is 5.92 Å². The minimum absolute atomic E-state index is 0.340. The summed E-state index contributed by atoms with van der Waals surface area (Å²) < 4.78 is 0. The molecule has 1 aromatic rings. The first kappa shape index (κ1) is 16.4. The van der Waals surface area contributed by atoms with Crippen molar-refractivity contribution in [3.05, 3.63) is 17.1 Å². The Kier molecular flexibility index (Phi) is 5.50. The minimum atomic E-state index is -0.945. The number of carbonyl (C=O) groups excluding carboxylic acids is 1. The van der Waals surface area contributed by atoms with Crippen molar-refractivity contribution in [3.8, 4) is 0 Å². The molecule has 0 bridgehead atoms. The van der Waals surface area contributed by atoms with Gasteiger partial charge in [-0.05, 0) is 34.0 Å². The fraction of sp³-hybridized carbons (Fsp3) is 0.538. The van der Waals surface area contributed by atoms with Crippen LogP contribution in [0.15, 0.2) is 5.03 Å². The van der Waals surface area contributed by atoms with Gasteiger partial charge in [0.2, 0.25) is 0 Å². The number of aryl methyl sites for hydroxylation is 2. The fourth-order valence-corrected chi connectivity index (χ4v) is 2.38. The Morgan fingerprint density at radius 2 is 1.85 bits per heavy atom. The number of carboxylic acid groups (broad SMARTS) is 1. The summed E-state index contributed by atoms with van der Waals surface area (Å²) in [5, 5.41) is 12.2. The maximum Gasteiger partial charge on any atom is 0.308 e. The third kappa shape index (κ3) is 3.69. The minimum Gasteiger partial charge on any atom is -0.481 e. The lowest BCUT2D eigenvalue weighted by molar-refractivity contribution is -0.141. The second-order valence-corrected chi connectivity index (χ2v) is 5.42. The van der Waals surface area contributed by atoms with Gasteiger partial charge < -0.3 is 10.4 Å². The molecule has 7 heteroatoms. The maximum atomic E-state index is 12.3. The van der Waals surface area contributed by atoms with Crippen molar-refractivity contribution >= 4 is 23.6 Å². The molecule has 0 spiro atoms. The predicted octanol–water partition coefficient (Wildman–Crippen LogP) is 1.65. The molecule has 1 amide bonds. The summed E-state index contributed by atoms with van der Waals surface area (Å²) in [6, 6.07) is -0.476. The van der Waals surface area contributed by atoms with E-state index < -0.39 is 17.9 Å². The van der Waals surface area contributed by atoms with Gasteiger partial charge in [0.15, 0.2) is 0 Å². The average molecular weight is 297 g/mol. The lowest BCUT2D eigenvalue weighted by Gasteiger charge is -2.19. The molecule has 0 aliphatic heterocycles. The van der Waals surface area contributed by atoms with Crippen LogP contribution < -0.4 is 5.32 Å². The van der Waals surface area contributed by atoms with E-state index in [9.17, 15) is 9.59 Å². The number of nitrogens with one attached hydrogen (secondary N) is 1. The van der Waals surface area contributed by atoms with Crippen LogP contribution in [0.25, 0.3) is 0 Å². The van der Waals surface area contributed by atoms with E-state index in [-0.39, 0.29) is 5.91 Å². The Bertz CT molecular complexity index is 534. The predicted molar refractivity (Wildman–Crippen MR) is 77.0 cm³/mol. The number of amides is 1. The van der Waals surface area contributed by atoms with Crippen molar-refractivity contribution in [3.63, 3.8) is 0 Å². The van der Waals surface area contributed by atoms with E-state index in [1.54, 1.807) is 27.7 Å². The summed E-state index contributed by atoms with van der Waals surface area (Å²) in [5.74, 6) is -1.34. The number of carbonyl (C=O) groups is 2. The molecule has 2 atom stereocenters. The van der Waals surface area contributed by atoms with Crippen LogP contribution >= 0.6 is 11.8 Å². The topological polar surface area (TPSA) is 92.2 Å². The first-order valence-electron chi connectivity index (χ1n) is 6.20. The molecule has 0 saturated carbocycles. The maximum absolute atomic E-state index is 12.3. The molecule has 1 rings (SSSR count). The Hall–Kier alpha value is -1.63. The zero-order valence-corrected chi connectivity index (χ0v) is 13.0. The van der Waals surface area contributed by atoms with E-state index >= 15 is 0 Å². The normalized spacial score (nSPS) is 13.7. The smallest absolute Gasteiger partial charge is 0.308 e. The number of rotatable bonds is 5. The SMILES string of the molecule is CSc1nc(C)nc(C)c1C(=O)NC(C)C(C)C(=O)O. The van der Waals surface area contributed by atoms with Crippen LogP contribution in [-0.4, -0.2) is 39.2 Å². The third-order valence-electron chi connectivity index (χ3n) is 3.09. The van der Waals surface area contributed by atoms with Crippen LogP contribution in [0.5, 0.6) is 0 Å². The highest BCUT2D eigenvalue weighted by molar-refractivity contribution is 7.98. The number of hydrogen-bond acceptors (Lipinski definition) is 5. The summed E-state index contributed by atoms with van der Waals surface area (Å²) in [5.41, 5.74) is 1.00. The molecule has 2 N–H and O–H groups in total. The number of nitrogens with zero attached hydrogens (tertiary/aromatic N) is 2. The molecule has 0 aliphatic rings. The third-order valence-corrected chi connectivity index (χ3v) is 3.77. The second kappa shape index (κ2) is 6.69. The number of thioether (sulfide) groups is 1. The Labute approximate surface area is 122 Å². The first-order chi connectivity index (χ1) is 9.27. The summed E-state index contributed by atoms with van der Waals surface area (Å²) in [6.07, 6.45) is 1.83. The highest BCUT2D eigenvalue weighted by Gasteiger charge is 2.24. The number of aliphatic carboxylic acids is 1. The molecule has 6 nitrogen and oxygen atoms in total. The lowest BCUT2D eigenvalue weighted by Crippen LogP contribution is -2.40. The Morgan fingerprint density at radius 1 is 1.25 bits per heavy atom. The molecule has 0 radical (unpaired) electrons. The van der Waals surface area contributed by atoms with Crippen LogP contribution in [0.3, 0.4) is 0 Å². The van der Waals surface area contributed by atoms with Gasteiger partial charge in [0.05, 0.1) is 17.2 Å². The molecule has 1 heterocycles. The molecule has 0 aliphatic carbocycles. The molecular formula is C13H19N3O3S. The van der Waals surface area contributed by atoms with Crippen LogP contribution in [-0.2, 0) is 4.79 Å². The number of hydrogen-bond donors (Lipinski definition) is 2. The zero-order valence-electron chi connectivity index (χ0n) is 12.2. The Morgan fingerprint density at radius 3 is 2.35 bits per heavy atom. The van der Waals surface area contributed by atoms with Gasteiger partial charge in [0, 0.05) is 6.04 Å². The van der Waals surface area contributed by atoms with Gasteiger partial charge in [-0.3, -0.25) is 9.59 Å². The monoisotopic (exact) mass is 297 g/mol. The van der Waals surface area contributed by atoms with Gasteiger partial charge in [0.1, 0.15) is 10.9 Å². The van der Waals surface area contributed by atoms with Crippen molar-refractivity contribution < 1.29 is 14.7 Å². The van der Waals surface area contributed by atoms with E-state index in [0.29, 0.717) is 22.1 Å². The van der Waals surface area contributed by atoms with E-state index in [2.05, 4.69) is 15.3 Å². The van der Waals surface area contributed by atoms with Crippen molar-refractivity contribution in [2.45, 2.75) is 38.8 Å². The quantitative estimate of drug-likeness (QED) is 0.634. The van der Waals surface area contributed by atoms with E-state index in [0.717, 1.165) is 0 Å². The zero-order chi connectivity index (χ0) is 15.4. The fourth-order valence-electron chi connectivity index (χ4n) is 1.71. The highest BCUT2D eigenvalue weighted by Crippen LogP contribution is 2.20. The standard InChI is InChI=1S/C13H19N3O3S/c1-6(13(18)19)7(2)15-11(17)10-8(3)14-9(4)16-12(10)20-5/h6-7H,1-5H3,(H,15,17)(H,18,19). The van der Waals surface area contributed by atoms with Crippen LogP contribution in [0.2, 0.25) is 0 Å². The Balaban J connectivity index is 3.01. The molecule has 1 aromatic heterocycles. The summed E-state index contributed by atoms with van der Waals surface area (Å²) in [6.45, 7) is 6.74. The summed E-state index contributed by atoms with van der Waals surface area (Å²) in [7, 11) is 0. The van der Waals surface area contributed by atoms with Gasteiger partial charge in [0.25, 0.3) is 5.91 Å². The molecular weight excluding hydrogens is 278 g/mol. The van der Waals surface area contributed by atoms with Crippen molar-refractivity contribution in [1.29, 1.82) is 0 Å². The molecule has 0 fully saturated rings. The van der Waals surface area contributed by atoms with Crippen molar-refractivity contribution in [2.75, 3.05) is 6.26 Å². The average Bonchev–Trinajstić information content (AvgIpc) is 2.35. The lowest BCUT2D eigenvalue weighted by atomic mass is 10.0. The van der Waals surface area contributed by atoms with Crippen LogP contribution in [0, 0.1) is 19.8 Å². The van der Waals surface area contributed by atoms with E-state index in [1.165, 1.54) is 11.8 Å². The van der Waals surface area contributed by atoms with E-state index in [1.807, 2.05) is 6.26 Å². The summed E-state index contributed by atoms with van der Waals surface area (Å²) in [4.78, 5) is 31.6.